The number of rotatable bonds is 4. The molecule has 1 aromatic carbocycles. The Morgan fingerprint density at radius 3 is 2.73 bits per heavy atom. The zero-order valence-corrected chi connectivity index (χ0v) is 8.31. The Kier molecular flexibility index (Phi) is 4.32. The van der Waals surface area contributed by atoms with Gasteiger partial charge in [0.05, 0.1) is 6.04 Å². The smallest absolute Gasteiger partial charge is 0.249 e. The normalized spacial score (nSPS) is 11.5. The quantitative estimate of drug-likeness (QED) is 0.554. The summed E-state index contributed by atoms with van der Waals surface area (Å²) in [5, 5.41) is 10.3. The molecule has 0 aliphatic heterocycles. The molecule has 1 atom stereocenters. The summed E-state index contributed by atoms with van der Waals surface area (Å²) < 4.78 is 0. The second-order valence-electron chi connectivity index (χ2n) is 3.23. The van der Waals surface area contributed by atoms with Crippen molar-refractivity contribution < 1.29 is 4.79 Å². The average molecular weight is 203 g/mol. The van der Waals surface area contributed by atoms with Gasteiger partial charge >= 0.3 is 0 Å². The van der Waals surface area contributed by atoms with Gasteiger partial charge in [0.25, 0.3) is 0 Å². The van der Waals surface area contributed by atoms with E-state index >= 15 is 0 Å². The highest BCUT2D eigenvalue weighted by molar-refractivity contribution is 5.82. The lowest BCUT2D eigenvalue weighted by atomic mass is 10.1. The first-order valence-corrected chi connectivity index (χ1v) is 4.72. The third kappa shape index (κ3) is 3.79. The molecule has 3 N–H and O–H groups in total. The van der Waals surface area contributed by atoms with Crippen LogP contribution in [0.4, 0.5) is 0 Å². The number of hydrogen-bond acceptors (Lipinski definition) is 3. The van der Waals surface area contributed by atoms with Crippen molar-refractivity contribution in [1.82, 2.24) is 5.32 Å². The van der Waals surface area contributed by atoms with E-state index in [4.69, 9.17) is 11.0 Å². The van der Waals surface area contributed by atoms with Crippen molar-refractivity contribution in [3.8, 4) is 6.19 Å². The van der Waals surface area contributed by atoms with Crippen LogP contribution in [0.15, 0.2) is 30.3 Å². The summed E-state index contributed by atoms with van der Waals surface area (Å²) in [6, 6.07) is 9.16. The zero-order valence-electron chi connectivity index (χ0n) is 8.31. The molecule has 0 aliphatic carbocycles. The van der Waals surface area contributed by atoms with Gasteiger partial charge in [-0.2, -0.15) is 5.26 Å². The Bertz CT molecular complexity index is 356. The lowest BCUT2D eigenvalue weighted by molar-refractivity contribution is -0.121. The van der Waals surface area contributed by atoms with Crippen LogP contribution in [0.2, 0.25) is 0 Å². The molecule has 0 saturated heterocycles. The van der Waals surface area contributed by atoms with E-state index < -0.39 is 11.9 Å². The zero-order chi connectivity index (χ0) is 11.1. The van der Waals surface area contributed by atoms with Gasteiger partial charge in [0, 0.05) is 0 Å². The largest absolute Gasteiger partial charge is 0.320 e. The Hall–Kier alpha value is -1.86. The number of hydrogen-bond donors (Lipinski definition) is 2. The third-order valence-electron chi connectivity index (χ3n) is 2.10. The summed E-state index contributed by atoms with van der Waals surface area (Å²) in [4.78, 5) is 11.1. The minimum Gasteiger partial charge on any atom is -0.320 e. The van der Waals surface area contributed by atoms with Gasteiger partial charge in [-0.1, -0.05) is 30.3 Å². The van der Waals surface area contributed by atoms with Gasteiger partial charge in [0.2, 0.25) is 5.91 Å². The highest BCUT2D eigenvalue weighted by Crippen LogP contribution is 2.03. The Balaban J connectivity index is 2.38. The molecule has 0 heterocycles. The van der Waals surface area contributed by atoms with Gasteiger partial charge in [-0.05, 0) is 18.4 Å². The van der Waals surface area contributed by atoms with Crippen LogP contribution in [-0.4, -0.2) is 11.9 Å². The molecule has 0 aromatic heterocycles. The highest BCUT2D eigenvalue weighted by Gasteiger charge is 2.12. The number of nitrogens with two attached hydrogens (primary N) is 1. The number of nitrogens with zero attached hydrogens (tertiary/aromatic N) is 1. The van der Waals surface area contributed by atoms with Crippen molar-refractivity contribution in [3.05, 3.63) is 35.9 Å². The fourth-order valence-corrected chi connectivity index (χ4v) is 1.25. The van der Waals surface area contributed by atoms with Gasteiger partial charge < -0.3 is 5.73 Å². The van der Waals surface area contributed by atoms with Crippen LogP contribution in [0.5, 0.6) is 0 Å². The summed E-state index contributed by atoms with van der Waals surface area (Å²) in [6.07, 6.45) is 2.84. The predicted molar refractivity (Wildman–Crippen MR) is 56.5 cm³/mol. The highest BCUT2D eigenvalue weighted by atomic mass is 16.2. The van der Waals surface area contributed by atoms with Crippen LogP contribution < -0.4 is 11.1 Å². The van der Waals surface area contributed by atoms with E-state index in [1.807, 2.05) is 35.6 Å². The molecule has 4 nitrogen and oxygen atoms in total. The van der Waals surface area contributed by atoms with Gasteiger partial charge in [-0.15, -0.1) is 0 Å². The van der Waals surface area contributed by atoms with Crippen LogP contribution in [0, 0.1) is 11.5 Å². The van der Waals surface area contributed by atoms with Gasteiger partial charge in [-0.3, -0.25) is 10.1 Å². The number of aryl methyl sites for hydroxylation is 1. The second-order valence-corrected chi connectivity index (χ2v) is 3.23. The maximum atomic E-state index is 11.1. The van der Waals surface area contributed by atoms with E-state index in [9.17, 15) is 4.79 Å². The predicted octanol–water partition coefficient (Wildman–Crippen LogP) is 0.544. The van der Waals surface area contributed by atoms with Crippen molar-refractivity contribution in [3.63, 3.8) is 0 Å². The van der Waals surface area contributed by atoms with Crippen LogP contribution >= 0.6 is 0 Å². The molecular weight excluding hydrogens is 190 g/mol. The second kappa shape index (κ2) is 5.78. The SMILES string of the molecule is N#CNC(=O)[C@@H](N)CCc1ccccc1. The van der Waals surface area contributed by atoms with Crippen molar-refractivity contribution in [2.24, 2.45) is 5.73 Å². The Labute approximate surface area is 88.7 Å². The number of carbonyl (C=O) groups excluding carboxylic acids is 1. The molecule has 0 bridgehead atoms. The van der Waals surface area contributed by atoms with Crippen LogP contribution in [0.25, 0.3) is 0 Å². The Morgan fingerprint density at radius 1 is 1.47 bits per heavy atom. The maximum Gasteiger partial charge on any atom is 0.249 e. The molecule has 0 fully saturated rings. The number of benzene rings is 1. The molecular formula is C11H13N3O. The fraction of sp³-hybridized carbons (Fsp3) is 0.273. The molecule has 15 heavy (non-hydrogen) atoms. The van der Waals surface area contributed by atoms with Crippen molar-refractivity contribution >= 4 is 5.91 Å². The molecule has 1 rings (SSSR count). The van der Waals surface area contributed by atoms with Crippen LogP contribution in [0.1, 0.15) is 12.0 Å². The lowest BCUT2D eigenvalue weighted by Gasteiger charge is -2.08. The molecule has 4 heteroatoms. The van der Waals surface area contributed by atoms with Crippen LogP contribution in [0.3, 0.4) is 0 Å². The monoisotopic (exact) mass is 203 g/mol. The van der Waals surface area contributed by atoms with E-state index in [0.29, 0.717) is 6.42 Å². The third-order valence-corrected chi connectivity index (χ3v) is 2.10. The molecule has 0 aliphatic rings. The van der Waals surface area contributed by atoms with E-state index in [0.717, 1.165) is 12.0 Å². The molecule has 0 radical (unpaired) electrons. The minimum absolute atomic E-state index is 0.423. The fourth-order valence-electron chi connectivity index (χ4n) is 1.25. The average Bonchev–Trinajstić information content (AvgIpc) is 2.27. The van der Waals surface area contributed by atoms with Gasteiger partial charge in [-0.25, -0.2) is 0 Å². The molecule has 0 spiro atoms. The first-order valence-electron chi connectivity index (χ1n) is 4.72. The number of nitrogens with one attached hydrogen (secondary N) is 1. The Morgan fingerprint density at radius 2 is 2.13 bits per heavy atom. The van der Waals surface area contributed by atoms with Crippen molar-refractivity contribution in [2.75, 3.05) is 0 Å². The maximum absolute atomic E-state index is 11.1. The molecule has 0 saturated carbocycles. The molecule has 0 unspecified atom stereocenters. The standard InChI is InChI=1S/C11H13N3O/c12-8-14-11(15)10(13)7-6-9-4-2-1-3-5-9/h1-5,10H,6-7,13H2,(H,14,15)/t10-/m0/s1. The van der Waals surface area contributed by atoms with Crippen molar-refractivity contribution in [1.29, 1.82) is 5.26 Å². The first kappa shape index (κ1) is 11.2. The molecule has 1 aromatic rings. The van der Waals surface area contributed by atoms with Crippen molar-refractivity contribution in [2.45, 2.75) is 18.9 Å². The summed E-state index contributed by atoms with van der Waals surface area (Å²) in [7, 11) is 0. The summed E-state index contributed by atoms with van der Waals surface area (Å²) in [5.74, 6) is -0.423. The van der Waals surface area contributed by atoms with E-state index in [2.05, 4.69) is 0 Å². The van der Waals surface area contributed by atoms with Crippen LogP contribution in [-0.2, 0) is 11.2 Å². The summed E-state index contributed by atoms with van der Waals surface area (Å²) in [6.45, 7) is 0. The van der Waals surface area contributed by atoms with E-state index in [1.165, 1.54) is 0 Å². The number of nitriles is 1. The number of amides is 1. The van der Waals surface area contributed by atoms with E-state index in [-0.39, 0.29) is 0 Å². The van der Waals surface area contributed by atoms with Gasteiger partial charge in [0.1, 0.15) is 0 Å². The summed E-state index contributed by atoms with van der Waals surface area (Å²) in [5.41, 5.74) is 6.72. The topological polar surface area (TPSA) is 78.9 Å². The molecule has 78 valence electrons. The first-order chi connectivity index (χ1) is 7.24. The van der Waals surface area contributed by atoms with Gasteiger partial charge in [0.15, 0.2) is 6.19 Å². The molecule has 1 amide bonds. The van der Waals surface area contributed by atoms with E-state index in [1.54, 1.807) is 6.19 Å². The number of carbonyl (C=O) groups is 1. The minimum atomic E-state index is -0.621. The lowest BCUT2D eigenvalue weighted by Crippen LogP contribution is -2.38. The summed E-state index contributed by atoms with van der Waals surface area (Å²) >= 11 is 0.